The molecule has 1 aromatic rings. The van der Waals surface area contributed by atoms with Crippen molar-refractivity contribution in [2.24, 2.45) is 0 Å². The molecule has 108 valence electrons. The van der Waals surface area contributed by atoms with Gasteiger partial charge in [0.1, 0.15) is 0 Å². The first-order valence-corrected chi connectivity index (χ1v) is 6.08. The summed E-state index contributed by atoms with van der Waals surface area (Å²) in [6, 6.07) is 3.78. The molecule has 0 aliphatic carbocycles. The zero-order valence-corrected chi connectivity index (χ0v) is 10.1. The molecule has 0 bridgehead atoms. The molecule has 3 nitrogen and oxygen atoms in total. The van der Waals surface area contributed by atoms with Crippen LogP contribution in [0.3, 0.4) is 0 Å². The van der Waals surface area contributed by atoms with Crippen molar-refractivity contribution < 1.29 is 39.8 Å². The molecule has 0 radical (unpaired) electrons. The molecule has 19 heavy (non-hydrogen) atoms. The van der Waals surface area contributed by atoms with Crippen LogP contribution >= 0.6 is 7.91 Å². The quantitative estimate of drug-likeness (QED) is 0.591. The highest BCUT2D eigenvalue weighted by atomic mass is 31.2. The van der Waals surface area contributed by atoms with Crippen LogP contribution in [-0.4, -0.2) is 12.0 Å². The monoisotopic (exact) mass is 308 g/mol. The lowest BCUT2D eigenvalue weighted by Gasteiger charge is -2.23. The summed E-state index contributed by atoms with van der Waals surface area (Å²) in [7, 11) is -6.13. The minimum Gasteiger partial charge on any atom is -0.398 e. The molecule has 1 rings (SSSR count). The van der Waals surface area contributed by atoms with E-state index in [9.17, 15) is 30.7 Å². The third-order valence-corrected chi connectivity index (χ3v) is 2.64. The molecular formula is C9H7F6O3P. The van der Waals surface area contributed by atoms with Crippen molar-refractivity contribution in [3.05, 3.63) is 30.1 Å². The summed E-state index contributed by atoms with van der Waals surface area (Å²) < 4.78 is 93.7. The summed E-state index contributed by atoms with van der Waals surface area (Å²) in [6.45, 7) is -0.268. The van der Waals surface area contributed by atoms with E-state index in [0.717, 1.165) is 24.3 Å². The minimum atomic E-state index is -6.13. The van der Waals surface area contributed by atoms with Crippen molar-refractivity contribution >= 4 is 7.91 Å². The molecule has 0 saturated heterocycles. The Kier molecular flexibility index (Phi) is 4.21. The smallest absolute Gasteiger partial charge is 0.398 e. The molecule has 1 atom stereocenters. The van der Waals surface area contributed by atoms with E-state index in [1.807, 2.05) is 0 Å². The predicted octanol–water partition coefficient (Wildman–Crippen LogP) is 4.55. The van der Waals surface area contributed by atoms with E-state index in [1.165, 1.54) is 0 Å². The summed E-state index contributed by atoms with van der Waals surface area (Å²) in [5.41, 5.74) is 0. The fourth-order valence-corrected chi connectivity index (χ4v) is 1.73. The summed E-state index contributed by atoms with van der Waals surface area (Å²) in [5.74, 6) is -7.04. The van der Waals surface area contributed by atoms with E-state index in [1.54, 1.807) is 0 Å². The molecule has 1 aromatic carbocycles. The second-order valence-electron chi connectivity index (χ2n) is 3.45. The maximum Gasteiger partial charge on any atom is 0.574 e. The summed E-state index contributed by atoms with van der Waals surface area (Å²) >= 11 is 0. The third kappa shape index (κ3) is 4.14. The Morgan fingerprint density at radius 2 is 1.68 bits per heavy atom. The third-order valence-electron chi connectivity index (χ3n) is 1.78. The van der Waals surface area contributed by atoms with Gasteiger partial charge in [0.2, 0.25) is 0 Å². The molecule has 0 N–H and O–H groups in total. The Bertz CT molecular complexity index is 501. The zero-order chi connectivity index (χ0) is 14.9. The first kappa shape index (κ1) is 15.8. The molecule has 1 unspecified atom stereocenters. The van der Waals surface area contributed by atoms with Gasteiger partial charge in [0.15, 0.2) is 11.6 Å². The maximum atomic E-state index is 13.1. The van der Waals surface area contributed by atoms with Crippen molar-refractivity contribution in [3.63, 3.8) is 0 Å². The lowest BCUT2D eigenvalue weighted by molar-refractivity contribution is -0.305. The topological polar surface area (TPSA) is 35.5 Å². The highest BCUT2D eigenvalue weighted by Gasteiger charge is 2.59. The first-order valence-electron chi connectivity index (χ1n) is 4.65. The van der Waals surface area contributed by atoms with Gasteiger partial charge in [0, 0.05) is 6.92 Å². The SMILES string of the molecule is CC(F)(F)C(F)(F)OP(=O)(F)Oc1ccccc1F. The zero-order valence-electron chi connectivity index (χ0n) is 9.25. The van der Waals surface area contributed by atoms with Crippen molar-refractivity contribution in [1.29, 1.82) is 0 Å². The fraction of sp³-hybridized carbons (Fsp3) is 0.333. The van der Waals surface area contributed by atoms with Crippen molar-refractivity contribution in [2.75, 3.05) is 0 Å². The van der Waals surface area contributed by atoms with Gasteiger partial charge in [-0.1, -0.05) is 12.1 Å². The largest absolute Gasteiger partial charge is 0.574 e. The number of alkyl halides is 4. The van der Waals surface area contributed by atoms with Crippen LogP contribution < -0.4 is 4.52 Å². The van der Waals surface area contributed by atoms with Gasteiger partial charge in [-0.3, -0.25) is 0 Å². The summed E-state index contributed by atoms with van der Waals surface area (Å²) in [6.07, 6.45) is -5.37. The molecule has 0 saturated carbocycles. The highest BCUT2D eigenvalue weighted by molar-refractivity contribution is 7.48. The van der Waals surface area contributed by atoms with Crippen molar-refractivity contribution in [2.45, 2.75) is 19.0 Å². The van der Waals surface area contributed by atoms with Crippen LogP contribution in [0.15, 0.2) is 24.3 Å². The number of hydrogen-bond donors (Lipinski definition) is 0. The highest BCUT2D eigenvalue weighted by Crippen LogP contribution is 2.56. The molecule has 0 aliphatic heterocycles. The lowest BCUT2D eigenvalue weighted by Crippen LogP contribution is -2.39. The predicted molar refractivity (Wildman–Crippen MR) is 52.4 cm³/mol. The van der Waals surface area contributed by atoms with Crippen LogP contribution in [0.5, 0.6) is 5.75 Å². The van der Waals surface area contributed by atoms with Crippen LogP contribution in [-0.2, 0) is 9.09 Å². The Morgan fingerprint density at radius 3 is 2.16 bits per heavy atom. The Hall–Kier alpha value is -1.21. The molecule has 0 amide bonds. The van der Waals surface area contributed by atoms with E-state index in [4.69, 9.17) is 0 Å². The standard InChI is InChI=1S/C9H7F6O3P/c1-8(11,12)9(13,14)18-19(15,16)17-7-5-3-2-4-6(7)10/h2-5H,1H3. The average molecular weight is 308 g/mol. The van der Waals surface area contributed by atoms with Gasteiger partial charge in [-0.15, -0.1) is 4.20 Å². The number of para-hydroxylation sites is 1. The lowest BCUT2D eigenvalue weighted by atomic mass is 10.3. The molecular weight excluding hydrogens is 301 g/mol. The molecule has 0 aliphatic rings. The Balaban J connectivity index is 2.89. The van der Waals surface area contributed by atoms with Gasteiger partial charge in [-0.05, 0) is 12.1 Å². The van der Waals surface area contributed by atoms with E-state index < -0.39 is 31.5 Å². The van der Waals surface area contributed by atoms with Crippen molar-refractivity contribution in [3.8, 4) is 5.75 Å². The molecule has 10 heteroatoms. The maximum absolute atomic E-state index is 13.1. The Morgan fingerprint density at radius 1 is 1.16 bits per heavy atom. The number of rotatable bonds is 5. The normalized spacial score (nSPS) is 15.9. The molecule has 0 heterocycles. The van der Waals surface area contributed by atoms with E-state index >= 15 is 0 Å². The van der Waals surface area contributed by atoms with Crippen LogP contribution in [0.1, 0.15) is 6.92 Å². The van der Waals surface area contributed by atoms with E-state index in [2.05, 4.69) is 9.05 Å². The number of halogens is 6. The molecule has 0 fully saturated rings. The van der Waals surface area contributed by atoms with Gasteiger partial charge in [0.05, 0.1) is 0 Å². The number of benzene rings is 1. The fourth-order valence-electron chi connectivity index (χ4n) is 0.872. The molecule has 0 spiro atoms. The van der Waals surface area contributed by atoms with Crippen LogP contribution in [0.4, 0.5) is 26.1 Å². The van der Waals surface area contributed by atoms with E-state index in [-0.39, 0.29) is 6.92 Å². The molecule has 0 aromatic heterocycles. The Labute approximate surface area is 103 Å². The van der Waals surface area contributed by atoms with Gasteiger partial charge in [-0.25, -0.2) is 13.5 Å². The average Bonchev–Trinajstić information content (AvgIpc) is 2.17. The first-order chi connectivity index (χ1) is 8.45. The second kappa shape index (κ2) is 5.05. The van der Waals surface area contributed by atoms with Gasteiger partial charge < -0.3 is 4.52 Å². The van der Waals surface area contributed by atoms with Gasteiger partial charge >= 0.3 is 19.9 Å². The van der Waals surface area contributed by atoms with Crippen LogP contribution in [0.25, 0.3) is 0 Å². The minimum absolute atomic E-state index is 0.268. The van der Waals surface area contributed by atoms with Gasteiger partial charge in [0.25, 0.3) is 0 Å². The summed E-state index contributed by atoms with van der Waals surface area (Å²) in [5, 5.41) is 0. The second-order valence-corrected chi connectivity index (χ2v) is 4.68. The van der Waals surface area contributed by atoms with Gasteiger partial charge in [-0.2, -0.15) is 17.6 Å². The van der Waals surface area contributed by atoms with Crippen molar-refractivity contribution in [1.82, 2.24) is 0 Å². The van der Waals surface area contributed by atoms with E-state index in [0.29, 0.717) is 0 Å². The van der Waals surface area contributed by atoms with Crippen LogP contribution in [0, 0.1) is 5.82 Å². The van der Waals surface area contributed by atoms with Crippen LogP contribution in [0.2, 0.25) is 0 Å². The number of hydrogen-bond acceptors (Lipinski definition) is 3. The summed E-state index contributed by atoms with van der Waals surface area (Å²) in [4.78, 5) is 0.